The van der Waals surface area contributed by atoms with Gasteiger partial charge in [-0.1, -0.05) is 6.92 Å². The highest BCUT2D eigenvalue weighted by Crippen LogP contribution is 2.61. The number of hydrogen-bond donors (Lipinski definition) is 1. The number of rotatable bonds is 5. The number of hydrogen-bond acceptors (Lipinski definition) is 3. The van der Waals surface area contributed by atoms with Crippen LogP contribution in [0.3, 0.4) is 0 Å². The van der Waals surface area contributed by atoms with Gasteiger partial charge < -0.3 is 10.1 Å². The summed E-state index contributed by atoms with van der Waals surface area (Å²) >= 11 is 0. The van der Waals surface area contributed by atoms with Crippen LogP contribution in [0.5, 0.6) is 0 Å². The van der Waals surface area contributed by atoms with E-state index >= 15 is 0 Å². The third kappa shape index (κ3) is 2.89. The zero-order chi connectivity index (χ0) is 16.2. The molecule has 0 heterocycles. The normalized spacial score (nSPS) is 44.7. The van der Waals surface area contributed by atoms with E-state index in [1.807, 2.05) is 6.92 Å². The highest BCUT2D eigenvalue weighted by Gasteiger charge is 2.53. The summed E-state index contributed by atoms with van der Waals surface area (Å²) in [6, 6.07) is 0.196. The molecule has 4 bridgehead atoms. The van der Waals surface area contributed by atoms with Crippen LogP contribution in [0.25, 0.3) is 0 Å². The Morgan fingerprint density at radius 2 is 1.61 bits per heavy atom. The van der Waals surface area contributed by atoms with Gasteiger partial charge in [0, 0.05) is 6.04 Å². The minimum atomic E-state index is -0.199. The highest BCUT2D eigenvalue weighted by atomic mass is 16.5. The molecule has 3 atom stereocenters. The maximum Gasteiger partial charge on any atom is 0.309 e. The fraction of sp³-hybridized carbons (Fsp3) is 0.895. The maximum atomic E-state index is 12.2. The molecule has 0 aromatic rings. The molecule has 1 amide bonds. The lowest BCUT2D eigenvalue weighted by molar-refractivity contribution is -0.151. The van der Waals surface area contributed by atoms with Gasteiger partial charge in [-0.15, -0.1) is 0 Å². The Morgan fingerprint density at radius 3 is 2.09 bits per heavy atom. The van der Waals surface area contributed by atoms with Gasteiger partial charge in [0.1, 0.15) is 0 Å². The third-order valence-corrected chi connectivity index (χ3v) is 7.14. The van der Waals surface area contributed by atoms with Crippen LogP contribution in [0.1, 0.15) is 58.8 Å². The fourth-order valence-electron chi connectivity index (χ4n) is 6.04. The van der Waals surface area contributed by atoms with E-state index in [4.69, 9.17) is 4.74 Å². The number of esters is 1. The van der Waals surface area contributed by atoms with Crippen LogP contribution in [0.2, 0.25) is 0 Å². The van der Waals surface area contributed by atoms with Crippen molar-refractivity contribution < 1.29 is 14.3 Å². The van der Waals surface area contributed by atoms with Gasteiger partial charge in [-0.2, -0.15) is 0 Å². The maximum absolute atomic E-state index is 12.2. The van der Waals surface area contributed by atoms with Crippen molar-refractivity contribution in [2.45, 2.75) is 64.8 Å². The zero-order valence-electron chi connectivity index (χ0n) is 14.3. The Morgan fingerprint density at radius 1 is 1.09 bits per heavy atom. The van der Waals surface area contributed by atoms with E-state index in [-0.39, 0.29) is 30.4 Å². The lowest BCUT2D eigenvalue weighted by Gasteiger charge is -2.59. The second-order valence-electron chi connectivity index (χ2n) is 9.00. The second-order valence-corrected chi connectivity index (χ2v) is 9.00. The summed E-state index contributed by atoms with van der Waals surface area (Å²) in [7, 11) is 0. The first-order chi connectivity index (χ1) is 10.9. The smallest absolute Gasteiger partial charge is 0.309 e. The van der Waals surface area contributed by atoms with Crippen LogP contribution in [0.4, 0.5) is 0 Å². The van der Waals surface area contributed by atoms with Crippen LogP contribution in [-0.4, -0.2) is 24.5 Å². The van der Waals surface area contributed by atoms with Gasteiger partial charge in [0.05, 0.1) is 5.92 Å². The Kier molecular flexibility index (Phi) is 3.69. The van der Waals surface area contributed by atoms with E-state index in [2.05, 4.69) is 12.2 Å². The van der Waals surface area contributed by atoms with Crippen molar-refractivity contribution >= 4 is 11.9 Å². The Labute approximate surface area is 138 Å². The molecule has 5 aliphatic rings. The molecule has 23 heavy (non-hydrogen) atoms. The number of carbonyl (C=O) groups is 2. The largest absolute Gasteiger partial charge is 0.455 e. The second kappa shape index (κ2) is 5.49. The predicted octanol–water partition coefficient (Wildman–Crippen LogP) is 2.91. The fourth-order valence-corrected chi connectivity index (χ4v) is 6.04. The predicted molar refractivity (Wildman–Crippen MR) is 86.4 cm³/mol. The number of ether oxygens (including phenoxy) is 1. The van der Waals surface area contributed by atoms with E-state index in [1.165, 1.54) is 38.5 Å². The van der Waals surface area contributed by atoms with Crippen molar-refractivity contribution in [2.75, 3.05) is 6.61 Å². The zero-order valence-corrected chi connectivity index (χ0v) is 14.3. The summed E-state index contributed by atoms with van der Waals surface area (Å²) in [4.78, 5) is 23.9. The number of amides is 1. The summed E-state index contributed by atoms with van der Waals surface area (Å²) in [5.41, 5.74) is 0.305. The van der Waals surface area contributed by atoms with Gasteiger partial charge in [-0.25, -0.2) is 0 Å². The Balaban J connectivity index is 1.30. The average Bonchev–Trinajstić information content (AvgIpc) is 3.20. The van der Waals surface area contributed by atoms with Gasteiger partial charge in [0.25, 0.3) is 5.91 Å². The van der Waals surface area contributed by atoms with E-state index in [0.717, 1.165) is 24.2 Å². The molecule has 0 saturated heterocycles. The molecule has 0 aromatic carbocycles. The molecule has 5 saturated carbocycles. The lowest BCUT2D eigenvalue weighted by atomic mass is 9.48. The molecule has 1 N–H and O–H groups in total. The first kappa shape index (κ1) is 15.5. The van der Waals surface area contributed by atoms with Crippen molar-refractivity contribution in [3.05, 3.63) is 0 Å². The highest BCUT2D eigenvalue weighted by molar-refractivity contribution is 5.82. The first-order valence-electron chi connectivity index (χ1n) is 9.41. The summed E-state index contributed by atoms with van der Waals surface area (Å²) in [5, 5.41) is 3.15. The Hall–Kier alpha value is -1.06. The molecule has 0 aliphatic heterocycles. The molecule has 0 radical (unpaired) electrons. The molecule has 0 spiro atoms. The molecule has 0 aromatic heterocycles. The molecule has 5 fully saturated rings. The monoisotopic (exact) mass is 319 g/mol. The van der Waals surface area contributed by atoms with Crippen LogP contribution < -0.4 is 5.32 Å². The van der Waals surface area contributed by atoms with E-state index < -0.39 is 0 Å². The van der Waals surface area contributed by atoms with E-state index in [1.54, 1.807) is 0 Å². The van der Waals surface area contributed by atoms with Gasteiger partial charge in [-0.3, -0.25) is 9.59 Å². The summed E-state index contributed by atoms with van der Waals surface area (Å²) in [5.74, 6) is 2.78. The lowest BCUT2D eigenvalue weighted by Crippen LogP contribution is -2.56. The van der Waals surface area contributed by atoms with Gasteiger partial charge in [0.2, 0.25) is 0 Å². The Bertz CT molecular complexity index is 479. The topological polar surface area (TPSA) is 55.4 Å². The summed E-state index contributed by atoms with van der Waals surface area (Å²) in [6.45, 7) is 4.09. The van der Waals surface area contributed by atoms with Gasteiger partial charge in [0.15, 0.2) is 6.61 Å². The minimum Gasteiger partial charge on any atom is -0.455 e. The SMILES string of the molecule is C[C@H](NC(=O)COC(=O)[C@@H]1C[C@@H]1C)C12CC3CC(CC(C3)C1)C2. The molecular formula is C19H29NO3. The molecule has 5 aliphatic carbocycles. The number of carbonyl (C=O) groups excluding carboxylic acids is 2. The van der Waals surface area contributed by atoms with Crippen LogP contribution in [0.15, 0.2) is 0 Å². The first-order valence-corrected chi connectivity index (χ1v) is 9.41. The molecule has 0 unspecified atom stereocenters. The van der Waals surface area contributed by atoms with Crippen LogP contribution in [-0.2, 0) is 14.3 Å². The van der Waals surface area contributed by atoms with E-state index in [0.29, 0.717) is 11.3 Å². The molecule has 4 nitrogen and oxygen atoms in total. The van der Waals surface area contributed by atoms with E-state index in [9.17, 15) is 9.59 Å². The van der Waals surface area contributed by atoms with Crippen LogP contribution in [0, 0.1) is 35.0 Å². The van der Waals surface area contributed by atoms with Crippen molar-refractivity contribution in [1.82, 2.24) is 5.32 Å². The van der Waals surface area contributed by atoms with Gasteiger partial charge in [-0.05, 0) is 81.0 Å². The van der Waals surface area contributed by atoms with Crippen molar-refractivity contribution in [2.24, 2.45) is 35.0 Å². The van der Waals surface area contributed by atoms with Gasteiger partial charge >= 0.3 is 5.97 Å². The van der Waals surface area contributed by atoms with Crippen molar-refractivity contribution in [1.29, 1.82) is 0 Å². The third-order valence-electron chi connectivity index (χ3n) is 7.14. The van der Waals surface area contributed by atoms with Crippen LogP contribution >= 0.6 is 0 Å². The average molecular weight is 319 g/mol. The standard InChI is InChI=1S/C19H29NO3/c1-11-3-16(11)18(22)23-10-17(21)20-12(2)19-7-13-4-14(8-19)6-15(5-13)9-19/h11-16H,3-10H2,1-2H3,(H,20,21)/t11-,12-,13?,14?,15?,16+,19?/m0/s1. The molecular weight excluding hydrogens is 290 g/mol. The van der Waals surface area contributed by atoms with Crippen molar-refractivity contribution in [3.63, 3.8) is 0 Å². The summed E-state index contributed by atoms with van der Waals surface area (Å²) < 4.78 is 5.17. The number of nitrogens with one attached hydrogen (secondary N) is 1. The molecule has 4 heteroatoms. The summed E-state index contributed by atoms with van der Waals surface area (Å²) in [6.07, 6.45) is 8.98. The molecule has 128 valence electrons. The van der Waals surface area contributed by atoms with Crippen molar-refractivity contribution in [3.8, 4) is 0 Å². The quantitative estimate of drug-likeness (QED) is 0.793. The molecule has 5 rings (SSSR count). The minimum absolute atomic E-state index is 0.0309.